The predicted octanol–water partition coefficient (Wildman–Crippen LogP) is 3.03. The SMILES string of the molecule is COCCCCCCc1ccoc1. The lowest BCUT2D eigenvalue weighted by atomic mass is 10.1. The van der Waals surface area contributed by atoms with Crippen molar-refractivity contribution in [3.8, 4) is 0 Å². The Balaban J connectivity index is 1.90. The second-order valence-corrected chi connectivity index (χ2v) is 3.29. The van der Waals surface area contributed by atoms with E-state index in [-0.39, 0.29) is 0 Å². The van der Waals surface area contributed by atoms with E-state index in [0.717, 1.165) is 13.0 Å². The number of aryl methyl sites for hydroxylation is 1. The van der Waals surface area contributed by atoms with Crippen LogP contribution in [0.1, 0.15) is 31.2 Å². The maximum atomic E-state index is 4.99. The van der Waals surface area contributed by atoms with E-state index in [1.54, 1.807) is 13.4 Å². The second-order valence-electron chi connectivity index (χ2n) is 3.29. The molecule has 0 atom stereocenters. The van der Waals surface area contributed by atoms with Gasteiger partial charge in [-0.1, -0.05) is 12.8 Å². The number of hydrogen-bond donors (Lipinski definition) is 0. The third-order valence-corrected chi connectivity index (χ3v) is 2.14. The first kappa shape index (κ1) is 10.3. The molecule has 1 rings (SSSR count). The Hall–Kier alpha value is -0.760. The Bertz CT molecular complexity index is 192. The topological polar surface area (TPSA) is 22.4 Å². The molecule has 0 fully saturated rings. The highest BCUT2D eigenvalue weighted by molar-refractivity contribution is 5.04. The summed E-state index contributed by atoms with van der Waals surface area (Å²) in [4.78, 5) is 0. The molecule has 2 nitrogen and oxygen atoms in total. The van der Waals surface area contributed by atoms with Crippen LogP contribution >= 0.6 is 0 Å². The van der Waals surface area contributed by atoms with Gasteiger partial charge in [-0.2, -0.15) is 0 Å². The van der Waals surface area contributed by atoms with Gasteiger partial charge in [-0.25, -0.2) is 0 Å². The van der Waals surface area contributed by atoms with Gasteiger partial charge in [-0.15, -0.1) is 0 Å². The molecule has 0 aliphatic heterocycles. The maximum Gasteiger partial charge on any atom is 0.0934 e. The van der Waals surface area contributed by atoms with Crippen LogP contribution in [-0.4, -0.2) is 13.7 Å². The summed E-state index contributed by atoms with van der Waals surface area (Å²) in [5.74, 6) is 0. The minimum atomic E-state index is 0.895. The molecule has 0 radical (unpaired) electrons. The summed E-state index contributed by atoms with van der Waals surface area (Å²) >= 11 is 0. The summed E-state index contributed by atoms with van der Waals surface area (Å²) in [6.45, 7) is 0.895. The van der Waals surface area contributed by atoms with Gasteiger partial charge >= 0.3 is 0 Å². The number of methoxy groups -OCH3 is 1. The third-order valence-electron chi connectivity index (χ3n) is 2.14. The van der Waals surface area contributed by atoms with Gasteiger partial charge in [0.05, 0.1) is 12.5 Å². The Morgan fingerprint density at radius 1 is 1.23 bits per heavy atom. The number of rotatable bonds is 7. The van der Waals surface area contributed by atoms with E-state index >= 15 is 0 Å². The first-order valence-electron chi connectivity index (χ1n) is 4.93. The molecular formula is C11H18O2. The van der Waals surface area contributed by atoms with E-state index in [2.05, 4.69) is 0 Å². The lowest BCUT2D eigenvalue weighted by molar-refractivity contribution is 0.192. The summed E-state index contributed by atoms with van der Waals surface area (Å²) in [5.41, 5.74) is 1.31. The fraction of sp³-hybridized carbons (Fsp3) is 0.636. The van der Waals surface area contributed by atoms with Crippen molar-refractivity contribution in [2.24, 2.45) is 0 Å². The number of hydrogen-bond acceptors (Lipinski definition) is 2. The highest BCUT2D eigenvalue weighted by Gasteiger charge is 1.94. The van der Waals surface area contributed by atoms with Crippen molar-refractivity contribution >= 4 is 0 Å². The van der Waals surface area contributed by atoms with Gasteiger partial charge in [-0.05, 0) is 30.9 Å². The normalized spacial score (nSPS) is 10.5. The molecule has 0 saturated carbocycles. The molecular weight excluding hydrogens is 164 g/mol. The van der Waals surface area contributed by atoms with Crippen molar-refractivity contribution in [3.05, 3.63) is 24.2 Å². The van der Waals surface area contributed by atoms with Crippen LogP contribution in [0.25, 0.3) is 0 Å². The van der Waals surface area contributed by atoms with Crippen LogP contribution in [0, 0.1) is 0 Å². The summed E-state index contributed by atoms with van der Waals surface area (Å²) in [7, 11) is 1.76. The number of ether oxygens (including phenoxy) is 1. The van der Waals surface area contributed by atoms with Gasteiger partial charge in [0, 0.05) is 13.7 Å². The monoisotopic (exact) mass is 182 g/mol. The van der Waals surface area contributed by atoms with Crippen molar-refractivity contribution in [2.75, 3.05) is 13.7 Å². The molecule has 74 valence electrons. The van der Waals surface area contributed by atoms with E-state index in [9.17, 15) is 0 Å². The zero-order valence-corrected chi connectivity index (χ0v) is 8.29. The van der Waals surface area contributed by atoms with Crippen LogP contribution in [0.2, 0.25) is 0 Å². The van der Waals surface area contributed by atoms with Gasteiger partial charge in [0.15, 0.2) is 0 Å². The number of unbranched alkanes of at least 4 members (excludes halogenated alkanes) is 3. The van der Waals surface area contributed by atoms with E-state index in [4.69, 9.17) is 9.15 Å². The van der Waals surface area contributed by atoms with Crippen molar-refractivity contribution in [2.45, 2.75) is 32.1 Å². The molecule has 0 aliphatic carbocycles. The average molecular weight is 182 g/mol. The highest BCUT2D eigenvalue weighted by Crippen LogP contribution is 2.07. The predicted molar refractivity (Wildman–Crippen MR) is 52.8 cm³/mol. The molecule has 2 heteroatoms. The maximum absolute atomic E-state index is 4.99. The van der Waals surface area contributed by atoms with Crippen LogP contribution in [-0.2, 0) is 11.2 Å². The molecule has 13 heavy (non-hydrogen) atoms. The first-order valence-corrected chi connectivity index (χ1v) is 4.93. The largest absolute Gasteiger partial charge is 0.472 e. The Kier molecular flexibility index (Phi) is 5.34. The highest BCUT2D eigenvalue weighted by atomic mass is 16.5. The minimum absolute atomic E-state index is 0.895. The quantitative estimate of drug-likeness (QED) is 0.605. The van der Waals surface area contributed by atoms with Crippen molar-refractivity contribution in [1.29, 1.82) is 0 Å². The van der Waals surface area contributed by atoms with E-state index in [0.29, 0.717) is 0 Å². The molecule has 0 spiro atoms. The van der Waals surface area contributed by atoms with Crippen LogP contribution in [0.3, 0.4) is 0 Å². The van der Waals surface area contributed by atoms with Gasteiger partial charge < -0.3 is 9.15 Å². The fourth-order valence-corrected chi connectivity index (χ4v) is 1.36. The lowest BCUT2D eigenvalue weighted by Crippen LogP contribution is -1.89. The van der Waals surface area contributed by atoms with Crippen molar-refractivity contribution in [1.82, 2.24) is 0 Å². The van der Waals surface area contributed by atoms with Gasteiger partial charge in [0.1, 0.15) is 0 Å². The van der Waals surface area contributed by atoms with E-state index < -0.39 is 0 Å². The van der Waals surface area contributed by atoms with Crippen molar-refractivity contribution in [3.63, 3.8) is 0 Å². The van der Waals surface area contributed by atoms with Crippen molar-refractivity contribution < 1.29 is 9.15 Å². The zero-order chi connectivity index (χ0) is 9.36. The second kappa shape index (κ2) is 6.72. The molecule has 0 aliphatic rings. The lowest BCUT2D eigenvalue weighted by Gasteiger charge is -1.99. The smallest absolute Gasteiger partial charge is 0.0934 e. The van der Waals surface area contributed by atoms with Gasteiger partial charge in [-0.3, -0.25) is 0 Å². The first-order chi connectivity index (χ1) is 6.43. The molecule has 1 aromatic heterocycles. The van der Waals surface area contributed by atoms with Crippen LogP contribution < -0.4 is 0 Å². The van der Waals surface area contributed by atoms with Gasteiger partial charge in [0.2, 0.25) is 0 Å². The van der Waals surface area contributed by atoms with Gasteiger partial charge in [0.25, 0.3) is 0 Å². The molecule has 0 amide bonds. The molecule has 1 aromatic rings. The van der Waals surface area contributed by atoms with Crippen LogP contribution in [0.5, 0.6) is 0 Å². The molecule has 0 aromatic carbocycles. The Labute approximate surface area is 79.9 Å². The summed E-state index contributed by atoms with van der Waals surface area (Å²) < 4.78 is 9.97. The van der Waals surface area contributed by atoms with E-state index in [1.165, 1.54) is 31.2 Å². The molecule has 0 bridgehead atoms. The average Bonchev–Trinajstić information content (AvgIpc) is 2.63. The van der Waals surface area contributed by atoms with Crippen LogP contribution in [0.15, 0.2) is 23.0 Å². The Morgan fingerprint density at radius 3 is 2.77 bits per heavy atom. The molecule has 1 heterocycles. The molecule has 0 saturated heterocycles. The zero-order valence-electron chi connectivity index (χ0n) is 8.29. The minimum Gasteiger partial charge on any atom is -0.472 e. The summed E-state index contributed by atoms with van der Waals surface area (Å²) in [5, 5.41) is 0. The third kappa shape index (κ3) is 4.73. The van der Waals surface area contributed by atoms with E-state index in [1.807, 2.05) is 12.3 Å². The fourth-order valence-electron chi connectivity index (χ4n) is 1.36. The standard InChI is InChI=1S/C11H18O2/c1-12-8-5-3-2-4-6-11-7-9-13-10-11/h7,9-10H,2-6,8H2,1H3. The molecule has 0 N–H and O–H groups in total. The molecule has 0 unspecified atom stereocenters. The number of furan rings is 1. The summed E-state index contributed by atoms with van der Waals surface area (Å²) in [6, 6.07) is 2.04. The van der Waals surface area contributed by atoms with Crippen LogP contribution in [0.4, 0.5) is 0 Å². The Morgan fingerprint density at radius 2 is 2.08 bits per heavy atom. The summed E-state index contributed by atoms with van der Waals surface area (Å²) in [6.07, 6.45) is 9.70.